The van der Waals surface area contributed by atoms with E-state index >= 15 is 0 Å². The van der Waals surface area contributed by atoms with E-state index in [9.17, 15) is 8.42 Å². The number of rotatable bonds is 7. The molecule has 236 valence electrons. The van der Waals surface area contributed by atoms with Crippen molar-refractivity contribution in [3.63, 3.8) is 0 Å². The van der Waals surface area contributed by atoms with E-state index in [2.05, 4.69) is 19.7 Å². The Kier molecular flexibility index (Phi) is 8.77. The molecule has 0 radical (unpaired) electrons. The highest BCUT2D eigenvalue weighted by molar-refractivity contribution is 7.92. The highest BCUT2D eigenvalue weighted by atomic mass is 32.2. The maximum Gasteiger partial charge on any atom is 0.264 e. The fourth-order valence-electron chi connectivity index (χ4n) is 6.43. The molecule has 1 saturated carbocycles. The lowest BCUT2D eigenvalue weighted by Gasteiger charge is -2.34. The van der Waals surface area contributed by atoms with Gasteiger partial charge in [-0.05, 0) is 81.7 Å². The van der Waals surface area contributed by atoms with Gasteiger partial charge in [-0.25, -0.2) is 28.1 Å². The van der Waals surface area contributed by atoms with E-state index in [1.54, 1.807) is 30.6 Å². The van der Waals surface area contributed by atoms with Gasteiger partial charge in [-0.1, -0.05) is 49.6 Å². The number of anilines is 1. The lowest BCUT2D eigenvalue weighted by molar-refractivity contribution is 0.158. The zero-order valence-electron chi connectivity index (χ0n) is 26.6. The van der Waals surface area contributed by atoms with Gasteiger partial charge in [0.1, 0.15) is 5.82 Å². The summed E-state index contributed by atoms with van der Waals surface area (Å²) in [5.74, 6) is 2.24. The third-order valence-corrected chi connectivity index (χ3v) is 10.3. The van der Waals surface area contributed by atoms with Crippen LogP contribution in [0.15, 0.2) is 59.8 Å². The number of hydrogen-bond donors (Lipinski definition) is 1. The van der Waals surface area contributed by atoms with Crippen molar-refractivity contribution in [1.29, 1.82) is 0 Å². The van der Waals surface area contributed by atoms with Crippen molar-refractivity contribution < 1.29 is 17.9 Å². The summed E-state index contributed by atoms with van der Waals surface area (Å²) in [5.41, 5.74) is 5.37. The monoisotopic (exact) mass is 627 g/mol. The lowest BCUT2D eigenvalue weighted by atomic mass is 9.73. The molecular weight excluding hydrogens is 586 g/mol. The number of benzene rings is 2. The van der Waals surface area contributed by atoms with Crippen LogP contribution >= 0.6 is 0 Å². The van der Waals surface area contributed by atoms with E-state index in [1.807, 2.05) is 58.9 Å². The third-order valence-electron chi connectivity index (χ3n) is 8.96. The van der Waals surface area contributed by atoms with Gasteiger partial charge >= 0.3 is 0 Å². The van der Waals surface area contributed by atoms with Crippen LogP contribution in [0.2, 0.25) is 0 Å². The molecule has 2 atom stereocenters. The van der Waals surface area contributed by atoms with Gasteiger partial charge in [0.2, 0.25) is 11.8 Å². The second-order valence-electron chi connectivity index (χ2n) is 12.7. The van der Waals surface area contributed by atoms with Gasteiger partial charge in [0.25, 0.3) is 10.0 Å². The number of sulfonamides is 1. The highest BCUT2D eigenvalue weighted by Gasteiger charge is 2.32. The minimum absolute atomic E-state index is 0.0107. The van der Waals surface area contributed by atoms with Crippen molar-refractivity contribution in [3.05, 3.63) is 82.9 Å². The predicted molar refractivity (Wildman–Crippen MR) is 174 cm³/mol. The Balaban J connectivity index is 1.45. The van der Waals surface area contributed by atoms with Crippen LogP contribution in [0.1, 0.15) is 73.5 Å². The molecule has 10 heteroatoms. The summed E-state index contributed by atoms with van der Waals surface area (Å²) < 4.78 is 42.6. The molecule has 0 spiro atoms. The first-order chi connectivity index (χ1) is 21.6. The van der Waals surface area contributed by atoms with Crippen LogP contribution in [-0.4, -0.2) is 41.1 Å². The molecule has 2 aromatic heterocycles. The molecule has 0 amide bonds. The number of ether oxygens (including phenoxy) is 2. The van der Waals surface area contributed by atoms with E-state index in [0.29, 0.717) is 42.1 Å². The number of fused-ring (bicyclic) bond motifs is 4. The largest absolute Gasteiger partial charge is 0.488 e. The molecule has 1 aliphatic heterocycles. The molecule has 2 aromatic carbocycles. The lowest BCUT2D eigenvalue weighted by Crippen LogP contribution is -2.28. The van der Waals surface area contributed by atoms with Gasteiger partial charge in [-0.2, -0.15) is 4.98 Å². The summed E-state index contributed by atoms with van der Waals surface area (Å²) in [5, 5.41) is 0. The minimum atomic E-state index is -4.00. The number of aryl methyl sites for hydroxylation is 2. The summed E-state index contributed by atoms with van der Waals surface area (Å²) in [6.07, 6.45) is 8.53. The third kappa shape index (κ3) is 6.81. The number of nitrogens with one attached hydrogen (secondary N) is 1. The first-order valence-corrected chi connectivity index (χ1v) is 17.2. The van der Waals surface area contributed by atoms with Gasteiger partial charge < -0.3 is 9.47 Å². The van der Waals surface area contributed by atoms with E-state index in [-0.39, 0.29) is 28.8 Å². The first kappa shape index (κ1) is 31.0. The van der Waals surface area contributed by atoms with Crippen LogP contribution in [-0.2, 0) is 16.4 Å². The van der Waals surface area contributed by atoms with Crippen molar-refractivity contribution in [2.45, 2.75) is 83.6 Å². The summed E-state index contributed by atoms with van der Waals surface area (Å²) in [7, 11) is -4.00. The van der Waals surface area contributed by atoms with Crippen molar-refractivity contribution >= 4 is 16.0 Å². The minimum Gasteiger partial charge on any atom is -0.488 e. The highest BCUT2D eigenvalue weighted by Crippen LogP contribution is 2.41. The van der Waals surface area contributed by atoms with Crippen LogP contribution in [0.4, 0.5) is 5.95 Å². The molecular formula is C35H41N5O4S. The fraction of sp³-hybridized carbons (Fsp3) is 0.429. The molecule has 3 heterocycles. The number of hydrogen-bond acceptors (Lipinski definition) is 8. The van der Waals surface area contributed by atoms with Crippen LogP contribution in [0.5, 0.6) is 11.6 Å². The van der Waals surface area contributed by atoms with Crippen molar-refractivity contribution in [2.24, 2.45) is 11.8 Å². The van der Waals surface area contributed by atoms with Crippen LogP contribution in [0.3, 0.4) is 0 Å². The normalized spacial score (nSPS) is 19.4. The average Bonchev–Trinajstić information content (AvgIpc) is 2.97. The molecule has 2 aliphatic rings. The summed E-state index contributed by atoms with van der Waals surface area (Å²) in [4.78, 5) is 18.8. The molecule has 1 fully saturated rings. The zero-order valence-corrected chi connectivity index (χ0v) is 27.4. The predicted octanol–water partition coefficient (Wildman–Crippen LogP) is 6.97. The van der Waals surface area contributed by atoms with E-state index in [0.717, 1.165) is 34.2 Å². The average molecular weight is 628 g/mol. The van der Waals surface area contributed by atoms with Crippen LogP contribution in [0, 0.1) is 32.6 Å². The van der Waals surface area contributed by atoms with Crippen LogP contribution < -0.4 is 14.2 Å². The molecule has 1 N–H and O–H groups in total. The molecule has 4 bridgehead atoms. The van der Waals surface area contributed by atoms with Gasteiger partial charge in [0, 0.05) is 23.5 Å². The Morgan fingerprint density at radius 2 is 1.71 bits per heavy atom. The van der Waals surface area contributed by atoms with Crippen molar-refractivity contribution in [3.8, 4) is 22.9 Å². The Hall–Kier alpha value is -4.05. The Bertz CT molecular complexity index is 1770. The van der Waals surface area contributed by atoms with Crippen molar-refractivity contribution in [1.82, 2.24) is 19.9 Å². The van der Waals surface area contributed by atoms with E-state index in [4.69, 9.17) is 14.5 Å². The van der Waals surface area contributed by atoms with E-state index < -0.39 is 10.0 Å². The maximum absolute atomic E-state index is 13.8. The van der Waals surface area contributed by atoms with Gasteiger partial charge in [-0.15, -0.1) is 0 Å². The second kappa shape index (κ2) is 12.7. The number of aromatic nitrogens is 4. The molecule has 4 aromatic rings. The Morgan fingerprint density at radius 3 is 2.38 bits per heavy atom. The first-order valence-electron chi connectivity index (χ1n) is 15.8. The maximum atomic E-state index is 13.8. The van der Waals surface area contributed by atoms with Crippen molar-refractivity contribution in [2.75, 3.05) is 11.3 Å². The second-order valence-corrected chi connectivity index (χ2v) is 14.4. The fourth-order valence-corrected chi connectivity index (χ4v) is 7.43. The van der Waals surface area contributed by atoms with Gasteiger partial charge in [0.15, 0.2) is 5.75 Å². The number of nitrogens with zero attached hydrogens (tertiary/aromatic N) is 4. The van der Waals surface area contributed by atoms with E-state index in [1.165, 1.54) is 19.3 Å². The molecule has 0 saturated heterocycles. The molecule has 9 nitrogen and oxygen atoms in total. The quantitative estimate of drug-likeness (QED) is 0.234. The summed E-state index contributed by atoms with van der Waals surface area (Å²) in [6, 6.07) is 13.2. The van der Waals surface area contributed by atoms with Gasteiger partial charge in [-0.3, -0.25) is 0 Å². The Labute approximate surface area is 265 Å². The Morgan fingerprint density at radius 1 is 1.00 bits per heavy atom. The topological polar surface area (TPSA) is 116 Å². The summed E-state index contributed by atoms with van der Waals surface area (Å²) >= 11 is 0. The molecule has 1 aliphatic carbocycles. The van der Waals surface area contributed by atoms with Gasteiger partial charge in [0.05, 0.1) is 35.7 Å². The SMILES string of the molecule is Cc1cccc(C)c1-c1nc2nc(c1C)OC[C@@H](CC1CCC1)C(Cc1ncc(OC(C)C)cn1)c1cccc(c1)S(=O)(=O)N2. The van der Waals surface area contributed by atoms with Crippen LogP contribution in [0.25, 0.3) is 11.3 Å². The smallest absolute Gasteiger partial charge is 0.264 e. The zero-order chi connectivity index (χ0) is 31.7. The summed E-state index contributed by atoms with van der Waals surface area (Å²) in [6.45, 7) is 10.3. The standard InChI is InChI=1S/C35H41N5O4S/c1-21(2)44-28-18-36-31(37-19-28)17-30-26-13-8-14-29(16-26)45(41,42)40-35-38-33(32-22(3)9-6-10-23(32)4)24(5)34(39-35)43-20-27(30)15-25-11-7-12-25/h6,8-10,13-14,16,18-19,21,25,27,30H,7,11-12,15,17,20H2,1-5H3,(H,38,39,40)/t27-,30?/m1/s1. The molecule has 45 heavy (non-hydrogen) atoms. The molecule has 1 unspecified atom stereocenters. The molecule has 6 rings (SSSR count).